The maximum atomic E-state index is 13.0. The molecule has 2 rings (SSSR count). The lowest BCUT2D eigenvalue weighted by molar-refractivity contribution is 0.412. The van der Waals surface area contributed by atoms with Crippen LogP contribution in [-0.2, 0) is 0 Å². The first kappa shape index (κ1) is 13.4. The summed E-state index contributed by atoms with van der Waals surface area (Å²) in [5, 5.41) is 9.68. The van der Waals surface area contributed by atoms with Crippen molar-refractivity contribution in [2.24, 2.45) is 4.99 Å². The molecule has 5 heteroatoms. The molecular weight excluding hydrogens is 269 g/mol. The molecule has 0 radical (unpaired) electrons. The van der Waals surface area contributed by atoms with Gasteiger partial charge in [-0.2, -0.15) is 0 Å². The van der Waals surface area contributed by atoms with Crippen LogP contribution in [0.5, 0.6) is 11.5 Å². The lowest BCUT2D eigenvalue weighted by atomic mass is 10.2. The van der Waals surface area contributed by atoms with E-state index in [4.69, 9.17) is 16.3 Å². The average Bonchev–Trinajstić information content (AvgIpc) is 2.41. The van der Waals surface area contributed by atoms with Crippen LogP contribution in [0.3, 0.4) is 0 Å². The van der Waals surface area contributed by atoms with Gasteiger partial charge in [0.25, 0.3) is 0 Å². The summed E-state index contributed by atoms with van der Waals surface area (Å²) >= 11 is 5.66. The van der Waals surface area contributed by atoms with E-state index in [2.05, 4.69) is 4.99 Å². The number of phenols is 1. The van der Waals surface area contributed by atoms with E-state index >= 15 is 0 Å². The molecule has 0 fully saturated rings. The van der Waals surface area contributed by atoms with Crippen molar-refractivity contribution >= 4 is 23.5 Å². The highest BCUT2D eigenvalue weighted by Gasteiger charge is 2.02. The minimum Gasteiger partial charge on any atom is -0.507 e. The maximum Gasteiger partial charge on any atom is 0.141 e. The predicted octanol–water partition coefficient (Wildman–Crippen LogP) is 3.94. The fourth-order valence-corrected chi connectivity index (χ4v) is 1.65. The van der Waals surface area contributed by atoms with Gasteiger partial charge in [0, 0.05) is 11.8 Å². The molecule has 0 aliphatic carbocycles. The second-order valence-electron chi connectivity index (χ2n) is 3.78. The van der Waals surface area contributed by atoms with Crippen LogP contribution < -0.4 is 4.74 Å². The van der Waals surface area contributed by atoms with Gasteiger partial charge in [-0.05, 0) is 36.4 Å². The fraction of sp³-hybridized carbons (Fsp3) is 0.0714. The molecule has 0 atom stereocenters. The fourth-order valence-electron chi connectivity index (χ4n) is 1.47. The first-order valence-electron chi connectivity index (χ1n) is 5.46. The first-order chi connectivity index (χ1) is 9.10. The van der Waals surface area contributed by atoms with Crippen molar-refractivity contribution < 1.29 is 14.2 Å². The Hall–Kier alpha value is -2.07. The Labute approximate surface area is 114 Å². The van der Waals surface area contributed by atoms with Crippen LogP contribution in [0.2, 0.25) is 5.02 Å². The van der Waals surface area contributed by atoms with E-state index in [1.807, 2.05) is 0 Å². The van der Waals surface area contributed by atoms with Crippen molar-refractivity contribution in [3.05, 3.63) is 52.8 Å². The number of benzene rings is 2. The zero-order valence-corrected chi connectivity index (χ0v) is 10.9. The largest absolute Gasteiger partial charge is 0.507 e. The van der Waals surface area contributed by atoms with Crippen LogP contribution in [0.25, 0.3) is 0 Å². The monoisotopic (exact) mass is 279 g/mol. The smallest absolute Gasteiger partial charge is 0.141 e. The summed E-state index contributed by atoms with van der Waals surface area (Å²) in [6.45, 7) is 0. The molecule has 0 unspecified atom stereocenters. The van der Waals surface area contributed by atoms with Crippen molar-refractivity contribution in [1.29, 1.82) is 0 Å². The molecular formula is C14H11ClFNO2. The Balaban J connectivity index is 2.29. The first-order valence-corrected chi connectivity index (χ1v) is 5.84. The Morgan fingerprint density at radius 3 is 2.74 bits per heavy atom. The summed E-state index contributed by atoms with van der Waals surface area (Å²) in [6, 6.07) is 8.93. The Bertz CT molecular complexity index is 629. The van der Waals surface area contributed by atoms with Gasteiger partial charge in [-0.15, -0.1) is 0 Å². The van der Waals surface area contributed by atoms with Gasteiger partial charge in [-0.1, -0.05) is 11.6 Å². The minimum absolute atomic E-state index is 0.00418. The molecule has 0 bridgehead atoms. The highest BCUT2D eigenvalue weighted by Crippen LogP contribution is 2.24. The summed E-state index contributed by atoms with van der Waals surface area (Å²) in [5.74, 6) is 0.194. The van der Waals surface area contributed by atoms with E-state index in [-0.39, 0.29) is 10.8 Å². The summed E-state index contributed by atoms with van der Waals surface area (Å²) in [4.78, 5) is 4.12. The number of ether oxygens (including phenoxy) is 1. The van der Waals surface area contributed by atoms with Crippen LogP contribution in [0.1, 0.15) is 5.56 Å². The van der Waals surface area contributed by atoms with Crippen molar-refractivity contribution in [1.82, 2.24) is 0 Å². The van der Waals surface area contributed by atoms with Crippen molar-refractivity contribution in [2.75, 3.05) is 7.11 Å². The van der Waals surface area contributed by atoms with Gasteiger partial charge in [0.15, 0.2) is 0 Å². The average molecular weight is 280 g/mol. The molecule has 0 aliphatic rings. The Morgan fingerprint density at radius 1 is 1.26 bits per heavy atom. The Morgan fingerprint density at radius 2 is 2.05 bits per heavy atom. The van der Waals surface area contributed by atoms with Crippen LogP contribution in [0.4, 0.5) is 10.1 Å². The topological polar surface area (TPSA) is 41.8 Å². The molecule has 0 saturated carbocycles. The lowest BCUT2D eigenvalue weighted by Gasteiger charge is -2.03. The summed E-state index contributed by atoms with van der Waals surface area (Å²) in [7, 11) is 1.53. The van der Waals surface area contributed by atoms with E-state index in [0.717, 1.165) is 0 Å². The number of methoxy groups -OCH3 is 1. The maximum absolute atomic E-state index is 13.0. The van der Waals surface area contributed by atoms with Gasteiger partial charge in [-0.3, -0.25) is 4.99 Å². The normalized spacial score (nSPS) is 10.9. The molecule has 0 aliphatic heterocycles. The molecule has 0 spiro atoms. The summed E-state index contributed by atoms with van der Waals surface area (Å²) in [6.07, 6.45) is 1.46. The molecule has 2 aromatic carbocycles. The molecule has 0 heterocycles. The molecule has 3 nitrogen and oxygen atoms in total. The summed E-state index contributed by atoms with van der Waals surface area (Å²) in [5.41, 5.74) is 0.994. The molecule has 1 N–H and O–H groups in total. The summed E-state index contributed by atoms with van der Waals surface area (Å²) < 4.78 is 18.0. The third-order valence-electron chi connectivity index (χ3n) is 2.49. The van der Waals surface area contributed by atoms with Crippen molar-refractivity contribution in [3.63, 3.8) is 0 Å². The van der Waals surface area contributed by atoms with Gasteiger partial charge in [0.2, 0.25) is 0 Å². The number of nitrogens with zero attached hydrogens (tertiary/aromatic N) is 1. The molecule has 19 heavy (non-hydrogen) atoms. The molecule has 2 aromatic rings. The van der Waals surface area contributed by atoms with Crippen LogP contribution in [-0.4, -0.2) is 18.4 Å². The van der Waals surface area contributed by atoms with E-state index in [1.54, 1.807) is 12.1 Å². The number of aliphatic imine (C=N–C) groups is 1. The molecule has 0 saturated heterocycles. The third-order valence-corrected chi connectivity index (χ3v) is 2.78. The number of aromatic hydroxyl groups is 1. The van der Waals surface area contributed by atoms with E-state index in [9.17, 15) is 9.50 Å². The van der Waals surface area contributed by atoms with Gasteiger partial charge in [0.05, 0.1) is 17.8 Å². The van der Waals surface area contributed by atoms with E-state index < -0.39 is 5.82 Å². The van der Waals surface area contributed by atoms with E-state index in [1.165, 1.54) is 37.6 Å². The molecule has 0 aromatic heterocycles. The molecule has 98 valence electrons. The van der Waals surface area contributed by atoms with Crippen LogP contribution >= 0.6 is 11.6 Å². The standard InChI is InChI=1S/C14H11ClFNO2/c1-19-11-3-5-14(18)9(6-11)8-17-10-2-4-13(16)12(15)7-10/h2-8,18H,1H3. The highest BCUT2D eigenvalue weighted by atomic mass is 35.5. The number of phenolic OH excluding ortho intramolecular Hbond substituents is 1. The lowest BCUT2D eigenvalue weighted by Crippen LogP contribution is -1.87. The van der Waals surface area contributed by atoms with Gasteiger partial charge in [0.1, 0.15) is 17.3 Å². The highest BCUT2D eigenvalue weighted by molar-refractivity contribution is 6.31. The number of hydrogen-bond donors (Lipinski definition) is 1. The quantitative estimate of drug-likeness (QED) is 0.865. The number of hydrogen-bond acceptors (Lipinski definition) is 3. The number of rotatable bonds is 3. The number of halogens is 2. The van der Waals surface area contributed by atoms with Crippen LogP contribution in [0.15, 0.2) is 41.4 Å². The second kappa shape index (κ2) is 5.71. The zero-order valence-electron chi connectivity index (χ0n) is 10.1. The van der Waals surface area contributed by atoms with Crippen LogP contribution in [0, 0.1) is 5.82 Å². The van der Waals surface area contributed by atoms with Gasteiger partial charge < -0.3 is 9.84 Å². The minimum atomic E-state index is -0.496. The predicted molar refractivity (Wildman–Crippen MR) is 73.3 cm³/mol. The van der Waals surface area contributed by atoms with E-state index in [0.29, 0.717) is 17.0 Å². The molecule has 0 amide bonds. The third kappa shape index (κ3) is 3.23. The second-order valence-corrected chi connectivity index (χ2v) is 4.19. The van der Waals surface area contributed by atoms with Gasteiger partial charge in [-0.25, -0.2) is 4.39 Å². The van der Waals surface area contributed by atoms with Gasteiger partial charge >= 0.3 is 0 Å². The van der Waals surface area contributed by atoms with Crippen molar-refractivity contribution in [2.45, 2.75) is 0 Å². The zero-order chi connectivity index (χ0) is 13.8. The SMILES string of the molecule is COc1ccc(O)c(C=Nc2ccc(F)c(Cl)c2)c1. The Kier molecular flexibility index (Phi) is 4.02. The van der Waals surface area contributed by atoms with Crippen molar-refractivity contribution in [3.8, 4) is 11.5 Å².